The normalized spacial score (nSPS) is 11.2. The number of benzene rings is 2. The largest absolute Gasteiger partial charge is 0.355 e. The molecule has 0 aliphatic heterocycles. The molecule has 0 radical (unpaired) electrons. The Morgan fingerprint density at radius 2 is 1.08 bits per heavy atom. The molecule has 0 aliphatic carbocycles. The minimum atomic E-state index is -0.658. The highest BCUT2D eigenvalue weighted by Crippen LogP contribution is 2.22. The minimum Gasteiger partial charge on any atom is -0.245 e. The van der Waals surface area contributed by atoms with Gasteiger partial charge in [0.15, 0.2) is 0 Å². The van der Waals surface area contributed by atoms with E-state index in [9.17, 15) is 4.79 Å². The van der Waals surface area contributed by atoms with E-state index in [1.54, 1.807) is 36.4 Å². The van der Waals surface area contributed by atoms with E-state index in [0.717, 1.165) is 0 Å². The number of urea groups is 1. The summed E-state index contributed by atoms with van der Waals surface area (Å²) >= 11 is 23.9. The van der Waals surface area contributed by atoms with Crippen LogP contribution in [0.5, 0.6) is 0 Å². The third kappa shape index (κ3) is 5.11. The Balaban J connectivity index is 1.92. The summed E-state index contributed by atoms with van der Waals surface area (Å²) in [7, 11) is 0. The van der Waals surface area contributed by atoms with Gasteiger partial charge in [0.25, 0.3) is 0 Å². The fraction of sp³-hybridized carbons (Fsp3) is 0. The Bertz CT molecular complexity index is 702. The summed E-state index contributed by atoms with van der Waals surface area (Å²) < 4.78 is 0. The second-order valence-corrected chi connectivity index (χ2v) is 5.97. The molecule has 2 aromatic rings. The van der Waals surface area contributed by atoms with E-state index in [0.29, 0.717) is 31.2 Å². The van der Waals surface area contributed by atoms with E-state index in [1.807, 2.05) is 0 Å². The molecule has 0 saturated carbocycles. The molecule has 0 bridgehead atoms. The Hall–Kier alpha value is -1.79. The zero-order valence-electron chi connectivity index (χ0n) is 11.9. The van der Waals surface area contributed by atoms with Crippen molar-refractivity contribution < 1.29 is 4.79 Å². The van der Waals surface area contributed by atoms with Crippen LogP contribution in [0.3, 0.4) is 0 Å². The van der Waals surface area contributed by atoms with Crippen molar-refractivity contribution in [1.29, 1.82) is 0 Å². The topological polar surface area (TPSA) is 65.8 Å². The van der Waals surface area contributed by atoms with Gasteiger partial charge in [-0.2, -0.15) is 10.2 Å². The molecule has 2 rings (SSSR count). The van der Waals surface area contributed by atoms with Gasteiger partial charge in [-0.15, -0.1) is 0 Å². The van der Waals surface area contributed by atoms with Crippen LogP contribution in [0.15, 0.2) is 46.6 Å². The fourth-order valence-corrected chi connectivity index (χ4v) is 2.59. The van der Waals surface area contributed by atoms with Gasteiger partial charge in [0.05, 0.1) is 32.5 Å². The molecule has 2 N–H and O–H groups in total. The summed E-state index contributed by atoms with van der Waals surface area (Å²) in [6.07, 6.45) is 2.66. The number of carbonyl (C=O) groups is 1. The molecule has 5 nitrogen and oxygen atoms in total. The van der Waals surface area contributed by atoms with Crippen LogP contribution < -0.4 is 10.9 Å². The maximum atomic E-state index is 11.6. The quantitative estimate of drug-likeness (QED) is 0.549. The second kappa shape index (κ2) is 8.89. The third-order valence-corrected chi connectivity index (χ3v) is 4.04. The summed E-state index contributed by atoms with van der Waals surface area (Å²) in [6, 6.07) is 9.39. The summed E-state index contributed by atoms with van der Waals surface area (Å²) in [5.41, 5.74) is 5.43. The zero-order chi connectivity index (χ0) is 17.5. The molecule has 0 aromatic heterocycles. The molecule has 2 amide bonds. The van der Waals surface area contributed by atoms with Crippen molar-refractivity contribution in [2.75, 3.05) is 0 Å². The van der Waals surface area contributed by atoms with Crippen LogP contribution in [-0.4, -0.2) is 18.5 Å². The predicted octanol–water partition coefficient (Wildman–Crippen LogP) is 4.97. The van der Waals surface area contributed by atoms with E-state index in [-0.39, 0.29) is 0 Å². The molecule has 124 valence electrons. The Morgan fingerprint density at radius 3 is 1.42 bits per heavy atom. The number of nitrogens with one attached hydrogen (secondary N) is 2. The monoisotopic (exact) mass is 402 g/mol. The average molecular weight is 404 g/mol. The molecule has 0 heterocycles. The Kier molecular flexibility index (Phi) is 6.87. The van der Waals surface area contributed by atoms with Crippen LogP contribution in [0.2, 0.25) is 20.1 Å². The first-order valence-corrected chi connectivity index (χ1v) is 8.00. The molecule has 9 heteroatoms. The van der Waals surface area contributed by atoms with Crippen LogP contribution >= 0.6 is 46.4 Å². The highest BCUT2D eigenvalue weighted by molar-refractivity contribution is 6.39. The van der Waals surface area contributed by atoms with Gasteiger partial charge in [-0.05, 0) is 24.3 Å². The van der Waals surface area contributed by atoms with Crippen LogP contribution in [0.4, 0.5) is 4.79 Å². The van der Waals surface area contributed by atoms with Crippen LogP contribution in [0.25, 0.3) is 0 Å². The van der Waals surface area contributed by atoms with E-state index in [1.165, 1.54) is 12.4 Å². The SMILES string of the molecule is O=C(NN=Cc1c(Cl)cccc1Cl)NN=Cc1c(Cl)cccc1Cl. The first-order valence-electron chi connectivity index (χ1n) is 6.49. The molecule has 0 spiro atoms. The predicted molar refractivity (Wildman–Crippen MR) is 99.8 cm³/mol. The Morgan fingerprint density at radius 1 is 0.750 bits per heavy atom. The van der Waals surface area contributed by atoms with Gasteiger partial charge < -0.3 is 0 Å². The van der Waals surface area contributed by atoms with E-state index in [4.69, 9.17) is 46.4 Å². The number of halogens is 4. The molecule has 0 aliphatic rings. The van der Waals surface area contributed by atoms with Crippen molar-refractivity contribution in [3.63, 3.8) is 0 Å². The summed E-state index contributed by atoms with van der Waals surface area (Å²) in [6.45, 7) is 0. The van der Waals surface area contributed by atoms with Crippen molar-refractivity contribution in [2.45, 2.75) is 0 Å². The van der Waals surface area contributed by atoms with E-state index >= 15 is 0 Å². The lowest BCUT2D eigenvalue weighted by Gasteiger charge is -2.02. The molecule has 0 atom stereocenters. The minimum absolute atomic E-state index is 0.417. The highest BCUT2D eigenvalue weighted by Gasteiger charge is 2.04. The lowest BCUT2D eigenvalue weighted by molar-refractivity contribution is 0.242. The van der Waals surface area contributed by atoms with Gasteiger partial charge in [0.2, 0.25) is 0 Å². The number of amides is 2. The van der Waals surface area contributed by atoms with Crippen molar-refractivity contribution in [3.8, 4) is 0 Å². The van der Waals surface area contributed by atoms with Gasteiger partial charge in [0, 0.05) is 11.1 Å². The number of hydrazone groups is 2. The van der Waals surface area contributed by atoms with E-state index in [2.05, 4.69) is 21.1 Å². The van der Waals surface area contributed by atoms with Gasteiger partial charge in [0.1, 0.15) is 0 Å². The number of carbonyl (C=O) groups excluding carboxylic acids is 1. The standard InChI is InChI=1S/C15H10Cl4N4O/c16-11-3-1-4-12(17)9(11)7-20-22-15(24)23-21-8-10-13(18)5-2-6-14(10)19/h1-8H,(H2,22,23,24). The highest BCUT2D eigenvalue weighted by atomic mass is 35.5. The molecular weight excluding hydrogens is 394 g/mol. The molecule has 0 saturated heterocycles. The van der Waals surface area contributed by atoms with Crippen LogP contribution in [0, 0.1) is 0 Å². The van der Waals surface area contributed by atoms with Crippen LogP contribution in [0.1, 0.15) is 11.1 Å². The average Bonchev–Trinajstić information content (AvgIpc) is 2.53. The third-order valence-electron chi connectivity index (χ3n) is 2.72. The number of rotatable bonds is 4. The lowest BCUT2D eigenvalue weighted by Crippen LogP contribution is -2.28. The van der Waals surface area contributed by atoms with Gasteiger partial charge in [-0.25, -0.2) is 15.6 Å². The second-order valence-electron chi connectivity index (χ2n) is 4.34. The molecule has 0 fully saturated rings. The Labute approximate surface area is 158 Å². The maximum absolute atomic E-state index is 11.6. The summed E-state index contributed by atoms with van der Waals surface area (Å²) in [5.74, 6) is 0. The number of hydrogen-bond donors (Lipinski definition) is 2. The maximum Gasteiger partial charge on any atom is 0.355 e. The summed E-state index contributed by atoms with van der Waals surface area (Å²) in [4.78, 5) is 11.6. The zero-order valence-corrected chi connectivity index (χ0v) is 15.0. The molecular formula is C15H10Cl4N4O. The smallest absolute Gasteiger partial charge is 0.245 e. The van der Waals surface area contributed by atoms with Gasteiger partial charge in [-0.3, -0.25) is 0 Å². The van der Waals surface area contributed by atoms with Crippen molar-refractivity contribution in [1.82, 2.24) is 10.9 Å². The number of hydrogen-bond acceptors (Lipinski definition) is 3. The first kappa shape index (κ1) is 18.5. The fourth-order valence-electron chi connectivity index (χ4n) is 1.60. The first-order chi connectivity index (χ1) is 11.5. The van der Waals surface area contributed by atoms with Crippen molar-refractivity contribution in [2.24, 2.45) is 10.2 Å². The molecule has 0 unspecified atom stereocenters. The summed E-state index contributed by atoms with van der Waals surface area (Å²) in [5, 5.41) is 9.15. The molecule has 24 heavy (non-hydrogen) atoms. The lowest BCUT2D eigenvalue weighted by atomic mass is 10.2. The van der Waals surface area contributed by atoms with Gasteiger partial charge in [-0.1, -0.05) is 58.5 Å². The van der Waals surface area contributed by atoms with Gasteiger partial charge >= 0.3 is 6.03 Å². The molecule has 2 aromatic carbocycles. The number of nitrogens with zero attached hydrogens (tertiary/aromatic N) is 2. The van der Waals surface area contributed by atoms with Crippen LogP contribution in [-0.2, 0) is 0 Å². The van der Waals surface area contributed by atoms with E-state index < -0.39 is 6.03 Å². The van der Waals surface area contributed by atoms with Crippen molar-refractivity contribution >= 4 is 64.9 Å². The van der Waals surface area contributed by atoms with Crippen molar-refractivity contribution in [3.05, 3.63) is 67.6 Å².